The Bertz CT molecular complexity index is 2430. The fourth-order valence-corrected chi connectivity index (χ4v) is 8.99. The Balaban J connectivity index is 1.12. The number of nitrogens with zero attached hydrogens (tertiary/aromatic N) is 6. The van der Waals surface area contributed by atoms with Gasteiger partial charge in [-0.15, -0.1) is 22.7 Å². The number of carbonyl (C=O) groups excluding carboxylic acids is 1. The van der Waals surface area contributed by atoms with Gasteiger partial charge in [0.1, 0.15) is 17.4 Å². The van der Waals surface area contributed by atoms with Crippen LogP contribution in [0, 0.1) is 0 Å². The van der Waals surface area contributed by atoms with Crippen molar-refractivity contribution in [3.8, 4) is 20.9 Å². The van der Waals surface area contributed by atoms with Crippen molar-refractivity contribution in [1.29, 1.82) is 0 Å². The van der Waals surface area contributed by atoms with Crippen LogP contribution < -0.4 is 22.9 Å². The molecule has 0 aliphatic carbocycles. The largest absolute Gasteiger partial charge is 0.383 e. The Hall–Kier alpha value is -5.53. The topological polar surface area (TPSA) is 183 Å². The Labute approximate surface area is 282 Å². The highest BCUT2D eigenvalue weighted by molar-refractivity contribution is 7.16. The van der Waals surface area contributed by atoms with Crippen molar-refractivity contribution in [2.24, 2.45) is 14.1 Å². The van der Waals surface area contributed by atoms with E-state index in [1.165, 1.54) is 0 Å². The minimum atomic E-state index is -0.301. The van der Waals surface area contributed by atoms with E-state index >= 15 is 0 Å². The van der Waals surface area contributed by atoms with Gasteiger partial charge in [0.25, 0.3) is 0 Å². The van der Waals surface area contributed by atoms with E-state index < -0.39 is 0 Å². The van der Waals surface area contributed by atoms with Crippen molar-refractivity contribution in [3.63, 3.8) is 0 Å². The number of carbonyl (C=O) groups is 1. The molecule has 0 radical (unpaired) electrons. The number of rotatable bonds is 6. The number of hydrogen-bond donors (Lipinski definition) is 4. The van der Waals surface area contributed by atoms with E-state index in [-0.39, 0.29) is 29.5 Å². The molecule has 0 spiro atoms. The second kappa shape index (κ2) is 10.8. The summed E-state index contributed by atoms with van der Waals surface area (Å²) >= 11 is 3.23. The molecule has 13 heteroatoms. The fraction of sp³-hybridized carbons (Fsp3) is 0.171. The lowest BCUT2D eigenvalue weighted by molar-refractivity contribution is -0.121. The zero-order valence-corrected chi connectivity index (χ0v) is 28.3. The van der Waals surface area contributed by atoms with E-state index in [1.807, 2.05) is 64.6 Å². The molecule has 2 unspecified atom stereocenters. The number of thiophene rings is 2. The van der Waals surface area contributed by atoms with Crippen LogP contribution >= 0.6 is 22.7 Å². The third-order valence-electron chi connectivity index (χ3n) is 9.21. The molecule has 240 valence electrons. The summed E-state index contributed by atoms with van der Waals surface area (Å²) < 4.78 is 4.14. The van der Waals surface area contributed by atoms with E-state index in [4.69, 9.17) is 22.9 Å². The molecule has 0 bridgehead atoms. The van der Waals surface area contributed by atoms with Gasteiger partial charge in [0, 0.05) is 79.7 Å². The molecular formula is C35H32N10OS2. The lowest BCUT2D eigenvalue weighted by Crippen LogP contribution is -2.14. The number of anilines is 4. The van der Waals surface area contributed by atoms with Gasteiger partial charge in [-0.3, -0.25) is 4.79 Å². The average Bonchev–Trinajstić information content (AvgIpc) is 3.86. The lowest BCUT2D eigenvalue weighted by atomic mass is 9.93. The first-order valence-electron chi connectivity index (χ1n) is 15.4. The van der Waals surface area contributed by atoms with E-state index in [2.05, 4.69) is 53.3 Å². The van der Waals surface area contributed by atoms with E-state index in [0.29, 0.717) is 22.7 Å². The van der Waals surface area contributed by atoms with Crippen LogP contribution in [0.2, 0.25) is 0 Å². The number of benzene rings is 2. The molecule has 8 aromatic rings. The predicted molar refractivity (Wildman–Crippen MR) is 198 cm³/mol. The predicted octanol–water partition coefficient (Wildman–Crippen LogP) is 6.82. The molecule has 0 aliphatic heterocycles. The molecule has 11 nitrogen and oxygen atoms in total. The third-order valence-corrected chi connectivity index (χ3v) is 11.8. The zero-order valence-electron chi connectivity index (χ0n) is 26.6. The molecule has 8 N–H and O–H groups in total. The van der Waals surface area contributed by atoms with Crippen molar-refractivity contribution in [2.75, 3.05) is 22.9 Å². The molecule has 0 fully saturated rings. The number of aryl methyl sites for hydroxylation is 2. The number of nitrogens with two attached hydrogens (primary N) is 4. The zero-order chi connectivity index (χ0) is 33.6. The minimum absolute atomic E-state index is 0.134. The van der Waals surface area contributed by atoms with Gasteiger partial charge in [0.05, 0.1) is 32.8 Å². The molecule has 2 aromatic carbocycles. The summed E-state index contributed by atoms with van der Waals surface area (Å²) in [6.45, 7) is 3.98. The number of Topliss-reactive ketones (excluding diaryl/α,β-unsaturated/α-hetero) is 1. The highest BCUT2D eigenvalue weighted by Gasteiger charge is 2.27. The summed E-state index contributed by atoms with van der Waals surface area (Å²) in [6.07, 6.45) is 4.00. The first kappa shape index (κ1) is 29.8. The van der Waals surface area contributed by atoms with Crippen LogP contribution in [-0.2, 0) is 18.9 Å². The SMILES string of the molecule is CC(C(=O)C(C)c1ccc(-c2cc3nc(N)nc(N)c3c3ccn(C)c23)s1)c1ccc(-c2cc3nc(N)nc(N)c3c3ccn(C)c23)s1. The van der Waals surface area contributed by atoms with Gasteiger partial charge in [-0.25, -0.2) is 9.97 Å². The van der Waals surface area contributed by atoms with Crippen LogP contribution in [0.5, 0.6) is 0 Å². The van der Waals surface area contributed by atoms with Crippen LogP contribution in [0.3, 0.4) is 0 Å². The number of nitrogen functional groups attached to an aromatic ring is 4. The Morgan fingerprint density at radius 2 is 1.06 bits per heavy atom. The Morgan fingerprint density at radius 3 is 1.48 bits per heavy atom. The average molecular weight is 673 g/mol. The summed E-state index contributed by atoms with van der Waals surface area (Å²) in [7, 11) is 4.01. The van der Waals surface area contributed by atoms with Gasteiger partial charge in [-0.05, 0) is 48.5 Å². The van der Waals surface area contributed by atoms with Gasteiger partial charge in [0.2, 0.25) is 11.9 Å². The van der Waals surface area contributed by atoms with Crippen molar-refractivity contribution in [3.05, 3.63) is 70.7 Å². The number of ketones is 1. The quantitative estimate of drug-likeness (QED) is 0.147. The molecule has 0 saturated carbocycles. The molecular weight excluding hydrogens is 641 g/mol. The van der Waals surface area contributed by atoms with Crippen molar-refractivity contribution in [2.45, 2.75) is 25.7 Å². The summed E-state index contributed by atoms with van der Waals surface area (Å²) in [4.78, 5) is 35.4. The van der Waals surface area contributed by atoms with Gasteiger partial charge in [-0.2, -0.15) is 9.97 Å². The van der Waals surface area contributed by atoms with Crippen LogP contribution in [0.25, 0.3) is 64.5 Å². The molecule has 0 saturated heterocycles. The monoisotopic (exact) mass is 672 g/mol. The molecule has 6 aromatic heterocycles. The summed E-state index contributed by atoms with van der Waals surface area (Å²) in [6, 6.07) is 16.3. The van der Waals surface area contributed by atoms with E-state index in [9.17, 15) is 4.79 Å². The van der Waals surface area contributed by atoms with Crippen LogP contribution in [0.1, 0.15) is 35.4 Å². The van der Waals surface area contributed by atoms with Crippen LogP contribution in [-0.4, -0.2) is 34.9 Å². The summed E-state index contributed by atoms with van der Waals surface area (Å²) in [5, 5.41) is 3.49. The van der Waals surface area contributed by atoms with Gasteiger partial charge in [-0.1, -0.05) is 13.8 Å². The normalized spacial score (nSPS) is 13.2. The molecule has 2 atom stereocenters. The third kappa shape index (κ3) is 4.49. The first-order chi connectivity index (χ1) is 23.0. The van der Waals surface area contributed by atoms with Crippen LogP contribution in [0.15, 0.2) is 60.9 Å². The summed E-state index contributed by atoms with van der Waals surface area (Å²) in [5.41, 5.74) is 29.9. The van der Waals surface area contributed by atoms with Gasteiger partial charge < -0.3 is 32.1 Å². The highest BCUT2D eigenvalue weighted by atomic mass is 32.1. The van der Waals surface area contributed by atoms with E-state index in [0.717, 1.165) is 63.2 Å². The standard InChI is InChI=1S/C35H32N10OS2/c1-15(23-5-7-25(47-23)19-13-21-27(32(36)42-34(38)40-21)17-9-11-44(3)29(17)19)31(46)16(2)24-6-8-26(48-24)20-14-22-28(33(37)43-35(39)41-22)18-10-12-45(4)30(18)20/h5-16H,1-4H3,(H4,36,38,40,42)(H4,37,39,41,43). The van der Waals surface area contributed by atoms with E-state index in [1.54, 1.807) is 22.7 Å². The van der Waals surface area contributed by atoms with Gasteiger partial charge >= 0.3 is 0 Å². The smallest absolute Gasteiger partial charge is 0.222 e. The number of fused-ring (bicyclic) bond motifs is 6. The Morgan fingerprint density at radius 1 is 0.646 bits per heavy atom. The molecule has 48 heavy (non-hydrogen) atoms. The number of hydrogen-bond acceptors (Lipinski definition) is 11. The van der Waals surface area contributed by atoms with Crippen molar-refractivity contribution >= 4 is 95.6 Å². The van der Waals surface area contributed by atoms with Crippen LogP contribution in [0.4, 0.5) is 23.5 Å². The maximum Gasteiger partial charge on any atom is 0.222 e. The molecule has 6 heterocycles. The first-order valence-corrected chi connectivity index (χ1v) is 17.0. The fourth-order valence-electron chi connectivity index (χ4n) is 6.83. The molecule has 0 amide bonds. The minimum Gasteiger partial charge on any atom is -0.383 e. The second-order valence-corrected chi connectivity index (χ2v) is 14.4. The maximum atomic E-state index is 14.0. The summed E-state index contributed by atoms with van der Waals surface area (Å²) in [5.74, 6) is 0.534. The highest BCUT2D eigenvalue weighted by Crippen LogP contribution is 2.44. The van der Waals surface area contributed by atoms with Gasteiger partial charge in [0.15, 0.2) is 0 Å². The second-order valence-electron chi connectivity index (χ2n) is 12.2. The Kier molecular flexibility index (Phi) is 6.69. The van der Waals surface area contributed by atoms with Crippen molar-refractivity contribution < 1.29 is 4.79 Å². The lowest BCUT2D eigenvalue weighted by Gasteiger charge is -2.14. The number of aromatic nitrogens is 6. The maximum absolute atomic E-state index is 14.0. The molecule has 8 rings (SSSR count). The molecule has 0 aliphatic rings. The van der Waals surface area contributed by atoms with Crippen molar-refractivity contribution in [1.82, 2.24) is 29.1 Å².